The van der Waals surface area contributed by atoms with Crippen molar-refractivity contribution in [1.82, 2.24) is 9.47 Å². The molecule has 2 aromatic heterocycles. The van der Waals surface area contributed by atoms with Crippen LogP contribution in [-0.2, 0) is 17.9 Å². The van der Waals surface area contributed by atoms with Gasteiger partial charge in [-0.05, 0) is 67.6 Å². The Morgan fingerprint density at radius 2 is 1.80 bits per heavy atom. The number of aromatic nitrogens is 1. The second-order valence-corrected chi connectivity index (χ2v) is 8.77. The maximum atomic E-state index is 12.9. The Hall–Kier alpha value is -2.41. The first-order chi connectivity index (χ1) is 14.3. The van der Waals surface area contributed by atoms with Crippen LogP contribution < -0.4 is 0 Å². The minimum Gasteiger partial charge on any atom is -0.467 e. The molecule has 8 heteroatoms. The third-order valence-corrected chi connectivity index (χ3v) is 6.66. The second kappa shape index (κ2) is 8.38. The molecule has 1 saturated heterocycles. The van der Waals surface area contributed by atoms with Crippen LogP contribution in [0.4, 0.5) is 4.79 Å². The summed E-state index contributed by atoms with van der Waals surface area (Å²) in [6.45, 7) is 4.62. The Bertz CT molecular complexity index is 1150. The van der Waals surface area contributed by atoms with Gasteiger partial charge < -0.3 is 8.98 Å². The molecular formula is C22H18Cl2N2O3S. The van der Waals surface area contributed by atoms with Gasteiger partial charge >= 0.3 is 0 Å². The SMILES string of the molecule is Cc1cc(/C=C2\SC(=O)N(Cc3c(Cl)cccc3Cl)C2=O)c(C)n1Cc1ccco1. The predicted molar refractivity (Wildman–Crippen MR) is 120 cm³/mol. The number of halogens is 2. The molecule has 1 aliphatic heterocycles. The van der Waals surface area contributed by atoms with E-state index >= 15 is 0 Å². The largest absolute Gasteiger partial charge is 0.467 e. The van der Waals surface area contributed by atoms with Crippen molar-refractivity contribution in [2.45, 2.75) is 26.9 Å². The predicted octanol–water partition coefficient (Wildman–Crippen LogP) is 6.29. The van der Waals surface area contributed by atoms with Crippen molar-refractivity contribution in [1.29, 1.82) is 0 Å². The summed E-state index contributed by atoms with van der Waals surface area (Å²) in [6.07, 6.45) is 3.41. The van der Waals surface area contributed by atoms with E-state index in [0.29, 0.717) is 27.1 Å². The number of amides is 2. The lowest BCUT2D eigenvalue weighted by atomic mass is 10.2. The molecular weight excluding hydrogens is 443 g/mol. The maximum Gasteiger partial charge on any atom is 0.293 e. The zero-order chi connectivity index (χ0) is 21.4. The lowest BCUT2D eigenvalue weighted by molar-refractivity contribution is -0.123. The highest BCUT2D eigenvalue weighted by atomic mass is 35.5. The molecule has 0 atom stereocenters. The van der Waals surface area contributed by atoms with Gasteiger partial charge in [0.25, 0.3) is 11.1 Å². The van der Waals surface area contributed by atoms with Crippen LogP contribution in [0.5, 0.6) is 0 Å². The number of benzene rings is 1. The van der Waals surface area contributed by atoms with Crippen LogP contribution in [0.15, 0.2) is 52.0 Å². The van der Waals surface area contributed by atoms with Crippen LogP contribution >= 0.6 is 35.0 Å². The first-order valence-electron chi connectivity index (χ1n) is 9.22. The topological polar surface area (TPSA) is 55.5 Å². The van der Waals surface area contributed by atoms with Gasteiger partial charge in [0.15, 0.2) is 0 Å². The summed E-state index contributed by atoms with van der Waals surface area (Å²) in [5, 5.41) is 0.505. The van der Waals surface area contributed by atoms with E-state index in [1.54, 1.807) is 30.5 Å². The van der Waals surface area contributed by atoms with Crippen molar-refractivity contribution in [3.8, 4) is 0 Å². The van der Waals surface area contributed by atoms with E-state index in [4.69, 9.17) is 27.6 Å². The smallest absolute Gasteiger partial charge is 0.293 e. The zero-order valence-electron chi connectivity index (χ0n) is 16.3. The number of nitrogens with zero attached hydrogens (tertiary/aromatic N) is 2. The van der Waals surface area contributed by atoms with E-state index in [1.807, 2.05) is 32.0 Å². The first-order valence-corrected chi connectivity index (χ1v) is 10.8. The molecule has 0 saturated carbocycles. The van der Waals surface area contributed by atoms with Gasteiger partial charge in [0.05, 0.1) is 24.3 Å². The number of carbonyl (C=O) groups excluding carboxylic acids is 2. The minimum atomic E-state index is -0.350. The summed E-state index contributed by atoms with van der Waals surface area (Å²) in [7, 11) is 0. The number of imide groups is 1. The molecule has 0 bridgehead atoms. The number of rotatable bonds is 5. The molecule has 0 radical (unpaired) electrons. The molecule has 30 heavy (non-hydrogen) atoms. The molecule has 2 amide bonds. The van der Waals surface area contributed by atoms with Gasteiger partial charge in [-0.1, -0.05) is 29.3 Å². The fourth-order valence-corrected chi connectivity index (χ4v) is 4.74. The van der Waals surface area contributed by atoms with Gasteiger partial charge in [-0.2, -0.15) is 0 Å². The average Bonchev–Trinajstić information content (AvgIpc) is 3.37. The molecule has 0 spiro atoms. The quantitative estimate of drug-likeness (QED) is 0.419. The molecule has 0 aliphatic carbocycles. The van der Waals surface area contributed by atoms with Gasteiger partial charge in [-0.15, -0.1) is 0 Å². The van der Waals surface area contributed by atoms with Gasteiger partial charge in [0, 0.05) is 27.0 Å². The van der Waals surface area contributed by atoms with Gasteiger partial charge in [0.1, 0.15) is 5.76 Å². The first kappa shape index (κ1) is 20.8. The molecule has 1 aromatic carbocycles. The van der Waals surface area contributed by atoms with Gasteiger partial charge in [0.2, 0.25) is 0 Å². The molecule has 4 rings (SSSR count). The third-order valence-electron chi connectivity index (χ3n) is 5.04. The van der Waals surface area contributed by atoms with Crippen LogP contribution in [0.2, 0.25) is 10.0 Å². The minimum absolute atomic E-state index is 0.0397. The van der Waals surface area contributed by atoms with E-state index in [9.17, 15) is 9.59 Å². The number of furan rings is 1. The highest BCUT2D eigenvalue weighted by Crippen LogP contribution is 2.36. The summed E-state index contributed by atoms with van der Waals surface area (Å²) in [4.78, 5) is 27.0. The Kier molecular flexibility index (Phi) is 5.82. The van der Waals surface area contributed by atoms with E-state index in [0.717, 1.165) is 34.5 Å². The van der Waals surface area contributed by atoms with Crippen molar-refractivity contribution in [2.75, 3.05) is 0 Å². The van der Waals surface area contributed by atoms with Crippen molar-refractivity contribution in [2.24, 2.45) is 0 Å². The zero-order valence-corrected chi connectivity index (χ0v) is 18.6. The number of hydrogen-bond donors (Lipinski definition) is 0. The maximum absolute atomic E-state index is 12.9. The second-order valence-electron chi connectivity index (χ2n) is 6.96. The number of aryl methyl sites for hydroxylation is 1. The highest BCUT2D eigenvalue weighted by Gasteiger charge is 2.36. The van der Waals surface area contributed by atoms with Crippen molar-refractivity contribution >= 4 is 52.2 Å². The Morgan fingerprint density at radius 3 is 2.47 bits per heavy atom. The van der Waals surface area contributed by atoms with Crippen molar-refractivity contribution < 1.29 is 14.0 Å². The summed E-state index contributed by atoms with van der Waals surface area (Å²) in [6, 6.07) is 10.9. The Morgan fingerprint density at radius 1 is 1.07 bits per heavy atom. The third kappa shape index (κ3) is 3.95. The van der Waals surface area contributed by atoms with Gasteiger partial charge in [-0.25, -0.2) is 0 Å². The van der Waals surface area contributed by atoms with Crippen LogP contribution in [-0.4, -0.2) is 20.6 Å². The van der Waals surface area contributed by atoms with E-state index in [-0.39, 0.29) is 17.7 Å². The van der Waals surface area contributed by atoms with Crippen LogP contribution in [0.1, 0.15) is 28.3 Å². The molecule has 0 unspecified atom stereocenters. The summed E-state index contributed by atoms with van der Waals surface area (Å²) in [5.74, 6) is 0.497. The van der Waals surface area contributed by atoms with Gasteiger partial charge in [-0.3, -0.25) is 14.5 Å². The molecule has 3 heterocycles. The summed E-state index contributed by atoms with van der Waals surface area (Å²) in [5.41, 5.74) is 3.48. The van der Waals surface area contributed by atoms with Crippen molar-refractivity contribution in [3.05, 3.63) is 85.9 Å². The van der Waals surface area contributed by atoms with Crippen LogP contribution in [0.25, 0.3) is 6.08 Å². The van der Waals surface area contributed by atoms with E-state index in [1.165, 1.54) is 4.90 Å². The Balaban J connectivity index is 1.59. The fourth-order valence-electron chi connectivity index (χ4n) is 3.39. The molecule has 1 fully saturated rings. The van der Waals surface area contributed by atoms with Crippen LogP contribution in [0, 0.1) is 13.8 Å². The normalized spacial score (nSPS) is 15.6. The lowest BCUT2D eigenvalue weighted by Gasteiger charge is -2.14. The number of hydrogen-bond acceptors (Lipinski definition) is 4. The number of carbonyl (C=O) groups is 2. The monoisotopic (exact) mass is 460 g/mol. The molecule has 5 nitrogen and oxygen atoms in total. The fraction of sp³-hybridized carbons (Fsp3) is 0.182. The molecule has 0 N–H and O–H groups in total. The van der Waals surface area contributed by atoms with E-state index in [2.05, 4.69) is 4.57 Å². The van der Waals surface area contributed by atoms with E-state index < -0.39 is 0 Å². The lowest BCUT2D eigenvalue weighted by Crippen LogP contribution is -2.27. The molecule has 1 aliphatic rings. The Labute approximate surface area is 188 Å². The highest BCUT2D eigenvalue weighted by molar-refractivity contribution is 8.18. The summed E-state index contributed by atoms with van der Waals surface area (Å²) < 4.78 is 7.55. The van der Waals surface area contributed by atoms with Crippen molar-refractivity contribution in [3.63, 3.8) is 0 Å². The standard InChI is InChI=1S/C22H18Cl2N2O3S/c1-13-9-15(14(2)25(13)11-16-5-4-8-29-16)10-20-21(27)26(22(28)30-20)12-17-18(23)6-3-7-19(17)24/h3-10H,11-12H2,1-2H3/b20-10-. The summed E-state index contributed by atoms with van der Waals surface area (Å²) >= 11 is 13.3. The average molecular weight is 461 g/mol. The molecule has 3 aromatic rings. The number of thioether (sulfide) groups is 1. The van der Waals surface area contributed by atoms with Crippen LogP contribution in [0.3, 0.4) is 0 Å². The molecule has 154 valence electrons.